The van der Waals surface area contributed by atoms with Crippen molar-refractivity contribution in [2.24, 2.45) is 0 Å². The lowest BCUT2D eigenvalue weighted by Gasteiger charge is -2.19. The second-order valence-corrected chi connectivity index (χ2v) is 7.35. The van der Waals surface area contributed by atoms with E-state index in [9.17, 15) is 0 Å². The minimum Gasteiger partial charge on any atom is -0.486 e. The van der Waals surface area contributed by atoms with Gasteiger partial charge in [-0.3, -0.25) is 0 Å². The van der Waals surface area contributed by atoms with Crippen molar-refractivity contribution in [2.45, 2.75) is 17.1 Å². The molecule has 1 aromatic carbocycles. The van der Waals surface area contributed by atoms with Crippen LogP contribution in [0.25, 0.3) is 10.8 Å². The fourth-order valence-corrected chi connectivity index (χ4v) is 3.82. The molecule has 118 valence electrons. The van der Waals surface area contributed by atoms with Crippen molar-refractivity contribution in [2.75, 3.05) is 13.2 Å². The number of hydrogen-bond acceptors (Lipinski definition) is 7. The molecule has 23 heavy (non-hydrogen) atoms. The number of ether oxygens (including phenoxy) is 2. The van der Waals surface area contributed by atoms with Crippen molar-refractivity contribution in [3.8, 4) is 22.3 Å². The first kappa shape index (κ1) is 14.6. The highest BCUT2D eigenvalue weighted by Gasteiger charge is 2.18. The molecule has 0 bridgehead atoms. The summed E-state index contributed by atoms with van der Waals surface area (Å²) in [5.74, 6) is 2.78. The van der Waals surface area contributed by atoms with Gasteiger partial charge in [-0.05, 0) is 36.6 Å². The van der Waals surface area contributed by atoms with Gasteiger partial charge in [0, 0.05) is 4.90 Å². The monoisotopic (exact) mass is 346 g/mol. The molecule has 0 N–H and O–H groups in total. The number of hydrogen-bond donors (Lipinski definition) is 0. The maximum atomic E-state index is 5.79. The van der Waals surface area contributed by atoms with Crippen molar-refractivity contribution in [3.05, 3.63) is 41.6 Å². The number of fused-ring (bicyclic) bond motifs is 1. The maximum absolute atomic E-state index is 5.79. The summed E-state index contributed by atoms with van der Waals surface area (Å²) in [6.45, 7) is 3.24. The highest BCUT2D eigenvalue weighted by Crippen LogP contribution is 2.40. The second kappa shape index (κ2) is 6.25. The van der Waals surface area contributed by atoms with Crippen LogP contribution in [0, 0.1) is 0 Å². The summed E-state index contributed by atoms with van der Waals surface area (Å²) in [7, 11) is 0. The molecule has 3 aromatic rings. The summed E-state index contributed by atoms with van der Waals surface area (Å²) in [6.07, 6.45) is 0. The largest absolute Gasteiger partial charge is 0.486 e. The summed E-state index contributed by atoms with van der Waals surface area (Å²) in [4.78, 5) is 2.07. The van der Waals surface area contributed by atoms with Crippen molar-refractivity contribution < 1.29 is 13.9 Å². The Labute approximate surface area is 141 Å². The van der Waals surface area contributed by atoms with Crippen LogP contribution in [0.4, 0.5) is 0 Å². The van der Waals surface area contributed by atoms with Gasteiger partial charge < -0.3 is 13.9 Å². The third-order valence-electron chi connectivity index (χ3n) is 3.35. The van der Waals surface area contributed by atoms with E-state index in [1.807, 2.05) is 42.6 Å². The third-order valence-corrected chi connectivity index (χ3v) is 5.29. The van der Waals surface area contributed by atoms with E-state index in [2.05, 4.69) is 10.2 Å². The Hall–Kier alpha value is -1.99. The topological polar surface area (TPSA) is 57.4 Å². The first-order valence-corrected chi connectivity index (χ1v) is 8.99. The van der Waals surface area contributed by atoms with Crippen LogP contribution in [0.3, 0.4) is 0 Å². The van der Waals surface area contributed by atoms with Crippen LogP contribution in [0.15, 0.2) is 45.0 Å². The van der Waals surface area contributed by atoms with E-state index in [4.69, 9.17) is 13.9 Å². The SMILES string of the molecule is CC(Sc1ccc2c(c1)OCCO2)c1nnc(-c2cccs2)o1. The molecule has 1 atom stereocenters. The van der Waals surface area contributed by atoms with Crippen LogP contribution in [0.1, 0.15) is 18.1 Å². The first-order valence-electron chi connectivity index (χ1n) is 7.23. The molecular formula is C16H14N2O3S2. The molecule has 7 heteroatoms. The van der Waals surface area contributed by atoms with E-state index >= 15 is 0 Å². The van der Waals surface area contributed by atoms with Crippen molar-refractivity contribution in [1.82, 2.24) is 10.2 Å². The molecule has 0 radical (unpaired) electrons. The van der Waals surface area contributed by atoms with Crippen LogP contribution in [0.2, 0.25) is 0 Å². The molecule has 1 aliphatic rings. The fourth-order valence-electron chi connectivity index (χ4n) is 2.25. The average molecular weight is 346 g/mol. The quantitative estimate of drug-likeness (QED) is 0.652. The minimum absolute atomic E-state index is 0.0544. The highest BCUT2D eigenvalue weighted by molar-refractivity contribution is 7.99. The molecule has 0 amide bonds. The average Bonchev–Trinajstić information content (AvgIpc) is 3.26. The van der Waals surface area contributed by atoms with Gasteiger partial charge in [0.25, 0.3) is 5.89 Å². The van der Waals surface area contributed by atoms with E-state index < -0.39 is 0 Å². The Bertz CT molecular complexity index is 802. The van der Waals surface area contributed by atoms with Crippen LogP contribution in [-0.4, -0.2) is 23.4 Å². The maximum Gasteiger partial charge on any atom is 0.257 e. The van der Waals surface area contributed by atoms with E-state index in [0.717, 1.165) is 21.3 Å². The lowest BCUT2D eigenvalue weighted by Crippen LogP contribution is -2.15. The molecule has 1 unspecified atom stereocenters. The lowest BCUT2D eigenvalue weighted by molar-refractivity contribution is 0.171. The van der Waals surface area contributed by atoms with Gasteiger partial charge in [-0.25, -0.2) is 0 Å². The molecule has 0 saturated heterocycles. The van der Waals surface area contributed by atoms with Crippen molar-refractivity contribution >= 4 is 23.1 Å². The molecule has 0 aliphatic carbocycles. The van der Waals surface area contributed by atoms with Crippen molar-refractivity contribution in [1.29, 1.82) is 0 Å². The summed E-state index contributed by atoms with van der Waals surface area (Å²) >= 11 is 3.24. The molecule has 5 nitrogen and oxygen atoms in total. The standard InChI is InChI=1S/C16H14N2O3S2/c1-10(15-17-18-16(21-15)14-3-2-8-22-14)23-11-4-5-12-13(9-11)20-7-6-19-12/h2-5,8-10H,6-7H2,1H3. The highest BCUT2D eigenvalue weighted by atomic mass is 32.2. The minimum atomic E-state index is 0.0544. The molecule has 2 aromatic heterocycles. The zero-order valence-corrected chi connectivity index (χ0v) is 14.0. The van der Waals surface area contributed by atoms with Gasteiger partial charge in [0.1, 0.15) is 13.2 Å². The van der Waals surface area contributed by atoms with E-state index in [1.165, 1.54) is 0 Å². The van der Waals surface area contributed by atoms with Crippen LogP contribution in [0.5, 0.6) is 11.5 Å². The first-order chi connectivity index (χ1) is 11.3. The van der Waals surface area contributed by atoms with Gasteiger partial charge in [-0.15, -0.1) is 33.3 Å². The van der Waals surface area contributed by atoms with Crippen molar-refractivity contribution in [3.63, 3.8) is 0 Å². The van der Waals surface area contributed by atoms with Gasteiger partial charge in [0.05, 0.1) is 10.1 Å². The zero-order valence-electron chi connectivity index (χ0n) is 12.4. The van der Waals surface area contributed by atoms with E-state index in [0.29, 0.717) is 25.0 Å². The normalized spacial score (nSPS) is 14.7. The second-order valence-electron chi connectivity index (χ2n) is 4.99. The summed E-state index contributed by atoms with van der Waals surface area (Å²) in [5.41, 5.74) is 0. The smallest absolute Gasteiger partial charge is 0.257 e. The third kappa shape index (κ3) is 3.07. The number of thioether (sulfide) groups is 1. The van der Waals surface area contributed by atoms with Gasteiger partial charge >= 0.3 is 0 Å². The molecule has 0 saturated carbocycles. The molecule has 0 spiro atoms. The number of thiophene rings is 1. The predicted octanol–water partition coefficient (Wildman–Crippen LogP) is 4.42. The fraction of sp³-hybridized carbons (Fsp3) is 0.250. The van der Waals surface area contributed by atoms with Gasteiger partial charge in [0.2, 0.25) is 5.89 Å². The zero-order chi connectivity index (χ0) is 15.6. The Balaban J connectivity index is 1.50. The van der Waals surface area contributed by atoms with Crippen LogP contribution >= 0.6 is 23.1 Å². The Kier molecular flexibility index (Phi) is 3.97. The molecule has 4 rings (SSSR count). The molecule has 3 heterocycles. The summed E-state index contributed by atoms with van der Waals surface area (Å²) in [5, 5.41) is 10.3. The van der Waals surface area contributed by atoms with E-state index in [1.54, 1.807) is 23.1 Å². The predicted molar refractivity (Wildman–Crippen MR) is 89.3 cm³/mol. The van der Waals surface area contributed by atoms with Gasteiger partial charge in [-0.1, -0.05) is 6.07 Å². The summed E-state index contributed by atoms with van der Waals surface area (Å²) < 4.78 is 16.9. The van der Waals surface area contributed by atoms with E-state index in [-0.39, 0.29) is 5.25 Å². The summed E-state index contributed by atoms with van der Waals surface area (Å²) in [6, 6.07) is 9.89. The van der Waals surface area contributed by atoms with Gasteiger partial charge in [-0.2, -0.15) is 0 Å². The molecular weight excluding hydrogens is 332 g/mol. The number of nitrogens with zero attached hydrogens (tertiary/aromatic N) is 2. The lowest BCUT2D eigenvalue weighted by atomic mass is 10.3. The number of benzene rings is 1. The Morgan fingerprint density at radius 1 is 1.13 bits per heavy atom. The van der Waals surface area contributed by atoms with Gasteiger partial charge in [0.15, 0.2) is 11.5 Å². The van der Waals surface area contributed by atoms with Crippen LogP contribution < -0.4 is 9.47 Å². The molecule has 1 aliphatic heterocycles. The van der Waals surface area contributed by atoms with Crippen LogP contribution in [-0.2, 0) is 0 Å². The number of rotatable bonds is 4. The Morgan fingerprint density at radius 2 is 2.00 bits per heavy atom. The Morgan fingerprint density at radius 3 is 2.83 bits per heavy atom. The molecule has 0 fully saturated rings. The number of aromatic nitrogens is 2.